The standard InChI is InChI=1S/C29H27FN6O.C28H29N5O3/c1-35(2)20-10-13-36(14-11-20)25-8-7-23-27(26(25)30)34-29(33-23)28(37)18-9-12-32-24(15-18)22-17-31-16-19-5-3-4-6-21(19)22;1-32(2)20-8-11-33(12-9-20)21-4-5-22-24(17-21)31-28(30-22)27(34)19-7-10-29-23(15-19)18-3-6-25-26(16-18)36-14-13-35-25/h3-9,12,15-17,20H,10-11,13-14H2,1-2H3,(H,33,34);3-7,10,15-17,20H,8-9,11-14H2,1-2H3,(H,30,31). The quantitative estimate of drug-likeness (QED) is 0.125. The van der Waals surface area contributed by atoms with Gasteiger partial charge in [0.2, 0.25) is 11.6 Å². The Bertz CT molecular complexity index is 3500. The van der Waals surface area contributed by atoms with Crippen LogP contribution in [0.25, 0.3) is 55.4 Å². The number of aromatic nitrogens is 7. The lowest BCUT2D eigenvalue weighted by molar-refractivity contribution is 0.102. The van der Waals surface area contributed by atoms with Crippen molar-refractivity contribution in [2.24, 2.45) is 0 Å². The molecule has 2 fully saturated rings. The van der Waals surface area contributed by atoms with Crippen molar-refractivity contribution in [3.05, 3.63) is 150 Å². The molecule has 15 nitrogen and oxygen atoms in total. The molecule has 370 valence electrons. The zero-order valence-electron chi connectivity index (χ0n) is 41.3. The van der Waals surface area contributed by atoms with Crippen LogP contribution in [0.4, 0.5) is 15.8 Å². The zero-order chi connectivity index (χ0) is 50.2. The number of nitrogens with zero attached hydrogens (tertiary/aromatic N) is 9. The average molecular weight is 978 g/mol. The van der Waals surface area contributed by atoms with Gasteiger partial charge >= 0.3 is 0 Å². The number of hydrogen-bond acceptors (Lipinski definition) is 13. The SMILES string of the molecule is CN(C)C1CCN(c2ccc3[nH]c(C(=O)c4ccnc(-c5cncc6ccccc56)c4)nc3c2F)CC1.CN(C)C1CCN(c2ccc3nc(C(=O)c4ccnc(-c5ccc6c(c5)OCCO6)c4)[nH]c3c2)CC1. The lowest BCUT2D eigenvalue weighted by Gasteiger charge is -2.36. The van der Waals surface area contributed by atoms with Crippen molar-refractivity contribution in [1.29, 1.82) is 0 Å². The fourth-order valence-electron chi connectivity index (χ4n) is 10.2. The first-order valence-electron chi connectivity index (χ1n) is 24.8. The van der Waals surface area contributed by atoms with Crippen molar-refractivity contribution in [2.45, 2.75) is 37.8 Å². The number of ether oxygens (including phenoxy) is 2. The van der Waals surface area contributed by atoms with Crippen LogP contribution in [0.15, 0.2) is 122 Å². The molecule has 0 amide bonds. The Hall–Kier alpha value is -8.08. The van der Waals surface area contributed by atoms with Crippen LogP contribution in [0, 0.1) is 5.82 Å². The van der Waals surface area contributed by atoms with E-state index in [-0.39, 0.29) is 22.9 Å². The van der Waals surface area contributed by atoms with E-state index in [1.165, 1.54) is 0 Å². The Kier molecular flexibility index (Phi) is 13.1. The number of carbonyl (C=O) groups excluding carboxylic acids is 2. The Labute approximate surface area is 422 Å². The minimum atomic E-state index is -0.395. The number of fused-ring (bicyclic) bond motifs is 4. The van der Waals surface area contributed by atoms with Crippen LogP contribution in [0.3, 0.4) is 0 Å². The topological polar surface area (TPSA) is 162 Å². The van der Waals surface area contributed by atoms with Gasteiger partial charge in [-0.2, -0.15) is 0 Å². The summed E-state index contributed by atoms with van der Waals surface area (Å²) in [7, 11) is 8.47. The van der Waals surface area contributed by atoms with Crippen LogP contribution in [0.5, 0.6) is 11.5 Å². The number of H-pyrrole nitrogens is 2. The van der Waals surface area contributed by atoms with Gasteiger partial charge in [0.25, 0.3) is 0 Å². The van der Waals surface area contributed by atoms with Crippen molar-refractivity contribution >= 4 is 55.8 Å². The number of ketones is 2. The predicted octanol–water partition coefficient (Wildman–Crippen LogP) is 9.23. The summed E-state index contributed by atoms with van der Waals surface area (Å²) in [6.45, 7) is 4.67. The van der Waals surface area contributed by atoms with Crippen LogP contribution in [-0.4, -0.2) is 136 Å². The number of pyridine rings is 3. The van der Waals surface area contributed by atoms with Crippen LogP contribution < -0.4 is 19.3 Å². The molecule has 8 heterocycles. The summed E-state index contributed by atoms with van der Waals surface area (Å²) in [6, 6.07) is 31.4. The molecule has 3 aliphatic heterocycles. The number of aromatic amines is 2. The summed E-state index contributed by atoms with van der Waals surface area (Å²) in [6.07, 6.45) is 11.0. The molecule has 0 aliphatic carbocycles. The summed E-state index contributed by atoms with van der Waals surface area (Å²) in [5.41, 5.74) is 8.01. The van der Waals surface area contributed by atoms with E-state index >= 15 is 4.39 Å². The molecule has 16 heteroatoms. The van der Waals surface area contributed by atoms with Crippen molar-refractivity contribution in [2.75, 3.05) is 77.4 Å². The second-order valence-corrected chi connectivity index (χ2v) is 19.3. The van der Waals surface area contributed by atoms with Gasteiger partial charge in [0, 0.05) is 96.4 Å². The van der Waals surface area contributed by atoms with E-state index in [0.29, 0.717) is 70.6 Å². The Morgan fingerprint density at radius 1 is 0.644 bits per heavy atom. The van der Waals surface area contributed by atoms with E-state index in [0.717, 1.165) is 96.2 Å². The summed E-state index contributed by atoms with van der Waals surface area (Å²) < 4.78 is 26.9. The molecular weight excluding hydrogens is 922 g/mol. The van der Waals surface area contributed by atoms with Crippen molar-refractivity contribution in [1.82, 2.24) is 44.7 Å². The van der Waals surface area contributed by atoms with Gasteiger partial charge in [-0.1, -0.05) is 24.3 Å². The molecule has 0 spiro atoms. The predicted molar refractivity (Wildman–Crippen MR) is 282 cm³/mol. The molecule has 5 aromatic heterocycles. The Morgan fingerprint density at radius 3 is 2.01 bits per heavy atom. The maximum Gasteiger partial charge on any atom is 0.228 e. The number of piperidine rings is 2. The third-order valence-electron chi connectivity index (χ3n) is 14.4. The normalized spacial score (nSPS) is 15.3. The van der Waals surface area contributed by atoms with Gasteiger partial charge in [-0.3, -0.25) is 24.5 Å². The fourth-order valence-corrected chi connectivity index (χ4v) is 10.2. The molecule has 73 heavy (non-hydrogen) atoms. The number of benzene rings is 4. The highest BCUT2D eigenvalue weighted by Crippen LogP contribution is 2.35. The number of carbonyl (C=O) groups is 2. The lowest BCUT2D eigenvalue weighted by Crippen LogP contribution is -2.42. The van der Waals surface area contributed by atoms with Gasteiger partial charge in [0.15, 0.2) is 29.0 Å². The van der Waals surface area contributed by atoms with Crippen LogP contribution in [0.2, 0.25) is 0 Å². The minimum Gasteiger partial charge on any atom is -0.486 e. The van der Waals surface area contributed by atoms with Crippen molar-refractivity contribution in [3.63, 3.8) is 0 Å². The van der Waals surface area contributed by atoms with Crippen LogP contribution in [-0.2, 0) is 0 Å². The second kappa shape index (κ2) is 20.2. The first-order valence-corrected chi connectivity index (χ1v) is 24.8. The number of rotatable bonds is 10. The molecule has 2 saturated heterocycles. The first kappa shape index (κ1) is 47.3. The molecule has 0 atom stereocenters. The maximum absolute atomic E-state index is 15.6. The molecule has 0 bridgehead atoms. The highest BCUT2D eigenvalue weighted by molar-refractivity contribution is 6.09. The van der Waals surface area contributed by atoms with Crippen LogP contribution >= 0.6 is 0 Å². The van der Waals surface area contributed by atoms with Crippen molar-refractivity contribution in [3.8, 4) is 34.0 Å². The van der Waals surface area contributed by atoms with Gasteiger partial charge in [-0.15, -0.1) is 0 Å². The fraction of sp³-hybridized carbons (Fsp3) is 0.281. The van der Waals surface area contributed by atoms with E-state index < -0.39 is 5.82 Å². The number of halogens is 1. The lowest BCUT2D eigenvalue weighted by atomic mass is 10.0. The first-order chi connectivity index (χ1) is 35.5. The van der Waals surface area contributed by atoms with Crippen molar-refractivity contribution < 1.29 is 23.5 Å². The maximum atomic E-state index is 15.6. The van der Waals surface area contributed by atoms with E-state index in [4.69, 9.17) is 9.47 Å². The minimum absolute atomic E-state index is 0.102. The third kappa shape index (κ3) is 9.70. The number of nitrogens with one attached hydrogen (secondary N) is 2. The molecule has 12 rings (SSSR count). The summed E-state index contributed by atoms with van der Waals surface area (Å²) >= 11 is 0. The number of anilines is 2. The van der Waals surface area contributed by atoms with Gasteiger partial charge in [-0.25, -0.2) is 14.4 Å². The van der Waals surface area contributed by atoms with E-state index in [1.807, 2.05) is 48.5 Å². The molecule has 2 N–H and O–H groups in total. The second-order valence-electron chi connectivity index (χ2n) is 19.3. The van der Waals surface area contributed by atoms with Gasteiger partial charge in [0.05, 0.1) is 33.6 Å². The highest BCUT2D eigenvalue weighted by atomic mass is 19.1. The Morgan fingerprint density at radius 2 is 1.29 bits per heavy atom. The summed E-state index contributed by atoms with van der Waals surface area (Å²) in [5.74, 6) is 0.963. The van der Waals surface area contributed by atoms with E-state index in [2.05, 4.69) is 94.8 Å². The smallest absolute Gasteiger partial charge is 0.228 e. The van der Waals surface area contributed by atoms with Gasteiger partial charge in [0.1, 0.15) is 18.7 Å². The monoisotopic (exact) mass is 977 g/mol. The molecule has 9 aromatic rings. The zero-order valence-corrected chi connectivity index (χ0v) is 41.3. The van der Waals surface area contributed by atoms with Gasteiger partial charge in [-0.05, 0) is 132 Å². The van der Waals surface area contributed by atoms with Gasteiger partial charge < -0.3 is 39.0 Å². The summed E-state index contributed by atoms with van der Waals surface area (Å²) in [4.78, 5) is 64.3. The molecule has 0 saturated carbocycles. The Balaban J connectivity index is 0.000000157. The molecule has 3 aliphatic rings. The summed E-state index contributed by atoms with van der Waals surface area (Å²) in [5, 5.41) is 2.00. The molecule has 0 unspecified atom stereocenters. The highest BCUT2D eigenvalue weighted by Gasteiger charge is 2.26. The van der Waals surface area contributed by atoms with Crippen LogP contribution in [0.1, 0.15) is 58.0 Å². The largest absolute Gasteiger partial charge is 0.486 e. The number of imidazole rings is 2. The number of hydrogen-bond donors (Lipinski definition) is 2. The van der Waals surface area contributed by atoms with E-state index in [1.54, 1.807) is 61.2 Å². The molecule has 4 aromatic carbocycles. The average Bonchev–Trinajstić information content (AvgIpc) is 4.08. The van der Waals surface area contributed by atoms with E-state index in [9.17, 15) is 9.59 Å². The molecular formula is C57H56FN11O4. The molecule has 0 radical (unpaired) electrons. The third-order valence-corrected chi connectivity index (χ3v) is 14.4.